The Kier molecular flexibility index (Phi) is 3.10. The lowest BCUT2D eigenvalue weighted by molar-refractivity contribution is 0.0924. The van der Waals surface area contributed by atoms with Crippen LogP contribution < -0.4 is 5.73 Å². The molecule has 3 heteroatoms. The van der Waals surface area contributed by atoms with Crippen LogP contribution in [0.2, 0.25) is 0 Å². The van der Waals surface area contributed by atoms with Crippen LogP contribution >= 0.6 is 0 Å². The van der Waals surface area contributed by atoms with Crippen LogP contribution in [0.5, 0.6) is 0 Å². The van der Waals surface area contributed by atoms with Crippen molar-refractivity contribution in [2.75, 3.05) is 33.2 Å². The fourth-order valence-corrected chi connectivity index (χ4v) is 2.39. The molecular weight excluding hydrogens is 174 g/mol. The number of nitrogens with zero attached hydrogens (tertiary/aromatic N) is 2. The number of piperazine rings is 1. The van der Waals surface area contributed by atoms with Gasteiger partial charge in [-0.1, -0.05) is 0 Å². The molecule has 0 spiro atoms. The highest BCUT2D eigenvalue weighted by Crippen LogP contribution is 2.32. The first-order valence-electron chi connectivity index (χ1n) is 5.85. The molecule has 3 nitrogen and oxygen atoms in total. The predicted octanol–water partition coefficient (Wildman–Crippen LogP) is 0.360. The third-order valence-corrected chi connectivity index (χ3v) is 3.64. The summed E-state index contributed by atoms with van der Waals surface area (Å²) in [5.41, 5.74) is 6.15. The minimum absolute atomic E-state index is 0.431. The summed E-state index contributed by atoms with van der Waals surface area (Å²) in [6.45, 7) is 7.01. The van der Waals surface area contributed by atoms with Gasteiger partial charge >= 0.3 is 0 Å². The Balaban J connectivity index is 1.78. The van der Waals surface area contributed by atoms with Crippen LogP contribution in [0.3, 0.4) is 0 Å². The van der Waals surface area contributed by atoms with Crippen molar-refractivity contribution < 1.29 is 0 Å². The van der Waals surface area contributed by atoms with Gasteiger partial charge in [0.05, 0.1) is 0 Å². The van der Waals surface area contributed by atoms with Gasteiger partial charge in [0, 0.05) is 38.3 Å². The molecule has 2 N–H and O–H groups in total. The Bertz CT molecular complexity index is 191. The molecule has 0 aromatic rings. The normalized spacial score (nSPS) is 33.2. The summed E-state index contributed by atoms with van der Waals surface area (Å²) in [6, 6.07) is 1.11. The SMILES string of the molecule is CC1CN(C)CCN1CC(N)C1CC1. The van der Waals surface area contributed by atoms with Crippen LogP contribution in [0.15, 0.2) is 0 Å². The fraction of sp³-hybridized carbons (Fsp3) is 1.00. The standard InChI is InChI=1S/C11H23N3/c1-9-7-13(2)5-6-14(9)8-11(12)10-3-4-10/h9-11H,3-8,12H2,1-2H3. The number of hydrogen-bond acceptors (Lipinski definition) is 3. The van der Waals surface area contributed by atoms with Gasteiger partial charge in [0.2, 0.25) is 0 Å². The van der Waals surface area contributed by atoms with Crippen molar-refractivity contribution in [3.8, 4) is 0 Å². The zero-order valence-corrected chi connectivity index (χ0v) is 9.45. The van der Waals surface area contributed by atoms with Gasteiger partial charge < -0.3 is 10.6 Å². The maximum Gasteiger partial charge on any atom is 0.0196 e. The monoisotopic (exact) mass is 197 g/mol. The molecule has 0 amide bonds. The molecule has 1 aliphatic carbocycles. The molecule has 1 heterocycles. The summed E-state index contributed by atoms with van der Waals surface area (Å²) in [6.07, 6.45) is 2.73. The molecule has 0 aromatic heterocycles. The highest BCUT2D eigenvalue weighted by atomic mass is 15.3. The second-order valence-corrected chi connectivity index (χ2v) is 5.11. The number of likely N-dealkylation sites (N-methyl/N-ethyl adjacent to an activating group) is 1. The van der Waals surface area contributed by atoms with E-state index in [1.165, 1.54) is 32.5 Å². The third-order valence-electron chi connectivity index (χ3n) is 3.64. The molecule has 0 bridgehead atoms. The molecule has 1 saturated heterocycles. The minimum atomic E-state index is 0.431. The predicted molar refractivity (Wildman–Crippen MR) is 59.2 cm³/mol. The quantitative estimate of drug-likeness (QED) is 0.709. The van der Waals surface area contributed by atoms with Crippen molar-refractivity contribution in [1.29, 1.82) is 0 Å². The Hall–Kier alpha value is -0.120. The summed E-state index contributed by atoms with van der Waals surface area (Å²) in [4.78, 5) is 4.97. The van der Waals surface area contributed by atoms with Gasteiger partial charge in [-0.3, -0.25) is 4.90 Å². The molecule has 2 atom stereocenters. The van der Waals surface area contributed by atoms with E-state index in [0.717, 1.165) is 12.5 Å². The molecule has 2 rings (SSSR count). The van der Waals surface area contributed by atoms with Gasteiger partial charge in [-0.15, -0.1) is 0 Å². The van der Waals surface area contributed by atoms with Crippen LogP contribution in [0.4, 0.5) is 0 Å². The smallest absolute Gasteiger partial charge is 0.0196 e. The third kappa shape index (κ3) is 2.47. The van der Waals surface area contributed by atoms with Gasteiger partial charge in [-0.05, 0) is 32.7 Å². The Labute approximate surface area is 87.2 Å². The van der Waals surface area contributed by atoms with Crippen LogP contribution in [0.1, 0.15) is 19.8 Å². The number of hydrogen-bond donors (Lipinski definition) is 1. The molecule has 14 heavy (non-hydrogen) atoms. The van der Waals surface area contributed by atoms with Crippen molar-refractivity contribution in [2.45, 2.75) is 31.8 Å². The van der Waals surface area contributed by atoms with Crippen LogP contribution in [-0.4, -0.2) is 55.1 Å². The lowest BCUT2D eigenvalue weighted by atomic mass is 10.1. The Morgan fingerprint density at radius 3 is 2.64 bits per heavy atom. The van der Waals surface area contributed by atoms with Crippen molar-refractivity contribution in [2.24, 2.45) is 11.7 Å². The summed E-state index contributed by atoms with van der Waals surface area (Å²) < 4.78 is 0. The maximum atomic E-state index is 6.15. The van der Waals surface area contributed by atoms with Crippen molar-refractivity contribution in [3.63, 3.8) is 0 Å². The van der Waals surface area contributed by atoms with Gasteiger partial charge in [0.15, 0.2) is 0 Å². The summed E-state index contributed by atoms with van der Waals surface area (Å²) in [5, 5.41) is 0. The molecular formula is C11H23N3. The lowest BCUT2D eigenvalue weighted by Crippen LogP contribution is -2.53. The molecule has 2 fully saturated rings. The maximum absolute atomic E-state index is 6.15. The summed E-state index contributed by atoms with van der Waals surface area (Å²) in [7, 11) is 2.20. The van der Waals surface area contributed by atoms with Gasteiger partial charge in [0.25, 0.3) is 0 Å². The molecule has 0 aromatic carbocycles. The van der Waals surface area contributed by atoms with Gasteiger partial charge in [-0.2, -0.15) is 0 Å². The molecule has 82 valence electrons. The van der Waals surface area contributed by atoms with E-state index in [1.54, 1.807) is 0 Å². The number of rotatable bonds is 3. The first-order valence-corrected chi connectivity index (χ1v) is 5.85. The van der Waals surface area contributed by atoms with E-state index < -0.39 is 0 Å². The van der Waals surface area contributed by atoms with E-state index in [0.29, 0.717) is 12.1 Å². The molecule has 0 radical (unpaired) electrons. The van der Waals surface area contributed by atoms with E-state index in [1.807, 2.05) is 0 Å². The van der Waals surface area contributed by atoms with E-state index in [4.69, 9.17) is 5.73 Å². The first-order chi connectivity index (χ1) is 6.66. The first kappa shape index (κ1) is 10.4. The van der Waals surface area contributed by atoms with Crippen molar-refractivity contribution >= 4 is 0 Å². The summed E-state index contributed by atoms with van der Waals surface area (Å²) in [5.74, 6) is 0.835. The zero-order valence-electron chi connectivity index (χ0n) is 9.45. The minimum Gasteiger partial charge on any atom is -0.326 e. The second-order valence-electron chi connectivity index (χ2n) is 5.11. The van der Waals surface area contributed by atoms with Crippen molar-refractivity contribution in [1.82, 2.24) is 9.80 Å². The van der Waals surface area contributed by atoms with Crippen LogP contribution in [0.25, 0.3) is 0 Å². The lowest BCUT2D eigenvalue weighted by Gasteiger charge is -2.39. The molecule has 2 aliphatic rings. The van der Waals surface area contributed by atoms with Gasteiger partial charge in [0.1, 0.15) is 0 Å². The molecule has 1 saturated carbocycles. The largest absolute Gasteiger partial charge is 0.326 e. The van der Waals surface area contributed by atoms with E-state index in [2.05, 4.69) is 23.8 Å². The second kappa shape index (κ2) is 4.17. The van der Waals surface area contributed by atoms with E-state index in [-0.39, 0.29) is 0 Å². The topological polar surface area (TPSA) is 32.5 Å². The Morgan fingerprint density at radius 2 is 2.07 bits per heavy atom. The highest BCUT2D eigenvalue weighted by Gasteiger charge is 2.31. The Morgan fingerprint density at radius 1 is 1.36 bits per heavy atom. The van der Waals surface area contributed by atoms with Crippen molar-refractivity contribution in [3.05, 3.63) is 0 Å². The molecule has 2 unspecified atom stereocenters. The zero-order chi connectivity index (χ0) is 10.1. The fourth-order valence-electron chi connectivity index (χ4n) is 2.39. The summed E-state index contributed by atoms with van der Waals surface area (Å²) >= 11 is 0. The average Bonchev–Trinajstić information content (AvgIpc) is 2.92. The van der Waals surface area contributed by atoms with Crippen LogP contribution in [0, 0.1) is 5.92 Å². The van der Waals surface area contributed by atoms with Gasteiger partial charge in [-0.25, -0.2) is 0 Å². The average molecular weight is 197 g/mol. The van der Waals surface area contributed by atoms with E-state index >= 15 is 0 Å². The van der Waals surface area contributed by atoms with E-state index in [9.17, 15) is 0 Å². The van der Waals surface area contributed by atoms with Crippen LogP contribution in [-0.2, 0) is 0 Å². The highest BCUT2D eigenvalue weighted by molar-refractivity contribution is 4.88. The number of nitrogens with two attached hydrogens (primary N) is 1. The molecule has 1 aliphatic heterocycles.